The number of nitrogens with zero attached hydrogens (tertiary/aromatic N) is 3. The smallest absolute Gasteiger partial charge is 0.256 e. The maximum atomic E-state index is 13.7. The van der Waals surface area contributed by atoms with Gasteiger partial charge in [0, 0.05) is 37.3 Å². The molecular formula is C23H21FN4O2. The molecular weight excluding hydrogens is 383 g/mol. The highest BCUT2D eigenvalue weighted by atomic mass is 19.1. The van der Waals surface area contributed by atoms with E-state index in [0.29, 0.717) is 17.5 Å². The molecule has 0 aliphatic carbocycles. The zero-order chi connectivity index (χ0) is 21.3. The Morgan fingerprint density at radius 1 is 1.10 bits per heavy atom. The number of amides is 1. The van der Waals surface area contributed by atoms with Gasteiger partial charge in [-0.25, -0.2) is 4.39 Å². The van der Waals surface area contributed by atoms with E-state index in [4.69, 9.17) is 0 Å². The number of nitriles is 1. The molecule has 1 aromatic heterocycles. The molecule has 30 heavy (non-hydrogen) atoms. The van der Waals surface area contributed by atoms with Crippen LogP contribution in [0.25, 0.3) is 22.0 Å². The normalized spacial score (nSPS) is 14.6. The topological polar surface area (TPSA) is 80.2 Å². The molecule has 0 saturated carbocycles. The van der Waals surface area contributed by atoms with Gasteiger partial charge in [-0.2, -0.15) is 5.26 Å². The number of hydrogen-bond donors (Lipinski definition) is 1. The van der Waals surface area contributed by atoms with Crippen molar-refractivity contribution in [3.05, 3.63) is 69.8 Å². The fraction of sp³-hybridized carbons (Fsp3) is 0.261. The number of pyridine rings is 1. The van der Waals surface area contributed by atoms with Crippen LogP contribution in [0.3, 0.4) is 0 Å². The lowest BCUT2D eigenvalue weighted by molar-refractivity contribution is -0.132. The van der Waals surface area contributed by atoms with Gasteiger partial charge in [-0.05, 0) is 36.4 Å². The predicted octanol–water partition coefficient (Wildman–Crippen LogP) is 2.52. The van der Waals surface area contributed by atoms with Crippen molar-refractivity contribution in [1.82, 2.24) is 14.8 Å². The number of H-pyrrole nitrogens is 1. The molecule has 1 fully saturated rings. The van der Waals surface area contributed by atoms with E-state index in [-0.39, 0.29) is 16.9 Å². The molecule has 152 valence electrons. The van der Waals surface area contributed by atoms with Crippen LogP contribution < -0.4 is 5.56 Å². The number of nitrogens with one attached hydrogen (secondary N) is 1. The lowest BCUT2D eigenvalue weighted by Crippen LogP contribution is -2.47. The van der Waals surface area contributed by atoms with E-state index in [1.807, 2.05) is 42.3 Å². The number of hydrogen-bond acceptors (Lipinski definition) is 4. The van der Waals surface area contributed by atoms with E-state index < -0.39 is 11.4 Å². The van der Waals surface area contributed by atoms with Crippen LogP contribution in [0.2, 0.25) is 0 Å². The van der Waals surface area contributed by atoms with Gasteiger partial charge in [-0.1, -0.05) is 24.3 Å². The summed E-state index contributed by atoms with van der Waals surface area (Å²) < 4.78 is 13.7. The van der Waals surface area contributed by atoms with Crippen LogP contribution in [0.15, 0.2) is 47.3 Å². The van der Waals surface area contributed by atoms with Gasteiger partial charge in [-0.15, -0.1) is 0 Å². The SMILES string of the molecule is CN1CCN(C(=O)Cc2ccc(-c3cc4c(C#N)cc(F)cc4c(=O)[nH]3)cc2)CC1. The molecule has 3 aromatic rings. The zero-order valence-corrected chi connectivity index (χ0v) is 16.6. The van der Waals surface area contributed by atoms with Gasteiger partial charge >= 0.3 is 0 Å². The van der Waals surface area contributed by atoms with Gasteiger partial charge < -0.3 is 14.8 Å². The van der Waals surface area contributed by atoms with Gasteiger partial charge in [0.15, 0.2) is 0 Å². The highest BCUT2D eigenvalue weighted by molar-refractivity contribution is 5.90. The Labute approximate surface area is 173 Å². The molecule has 0 unspecified atom stereocenters. The molecule has 2 heterocycles. The molecule has 0 radical (unpaired) electrons. The second-order valence-corrected chi connectivity index (χ2v) is 7.60. The number of carbonyl (C=O) groups is 1. The molecule has 2 aromatic carbocycles. The molecule has 1 saturated heterocycles. The van der Waals surface area contributed by atoms with Crippen molar-refractivity contribution in [2.75, 3.05) is 33.2 Å². The first kappa shape index (κ1) is 19.8. The van der Waals surface area contributed by atoms with Crippen molar-refractivity contribution in [3.63, 3.8) is 0 Å². The molecule has 1 N–H and O–H groups in total. The average molecular weight is 404 g/mol. The number of aromatic amines is 1. The summed E-state index contributed by atoms with van der Waals surface area (Å²) in [6, 6.07) is 13.3. The number of benzene rings is 2. The van der Waals surface area contributed by atoms with Crippen LogP contribution in [-0.4, -0.2) is 53.9 Å². The largest absolute Gasteiger partial charge is 0.340 e. The van der Waals surface area contributed by atoms with Crippen LogP contribution in [0.4, 0.5) is 4.39 Å². The lowest BCUT2D eigenvalue weighted by atomic mass is 10.0. The third kappa shape index (κ3) is 3.95. The van der Waals surface area contributed by atoms with Crippen molar-refractivity contribution < 1.29 is 9.18 Å². The van der Waals surface area contributed by atoms with Crippen LogP contribution >= 0.6 is 0 Å². The number of aromatic nitrogens is 1. The van der Waals surface area contributed by atoms with Crippen molar-refractivity contribution in [1.29, 1.82) is 5.26 Å². The van der Waals surface area contributed by atoms with E-state index in [9.17, 15) is 19.2 Å². The molecule has 7 heteroatoms. The van der Waals surface area contributed by atoms with Gasteiger partial charge in [0.2, 0.25) is 5.91 Å². The Hall–Kier alpha value is -3.50. The number of rotatable bonds is 3. The van der Waals surface area contributed by atoms with Crippen LogP contribution in [0.5, 0.6) is 0 Å². The minimum absolute atomic E-state index is 0.107. The third-order valence-corrected chi connectivity index (χ3v) is 5.52. The monoisotopic (exact) mass is 404 g/mol. The fourth-order valence-electron chi connectivity index (χ4n) is 3.72. The first-order chi connectivity index (χ1) is 14.4. The minimum atomic E-state index is -0.619. The van der Waals surface area contributed by atoms with E-state index in [2.05, 4.69) is 9.88 Å². The van der Waals surface area contributed by atoms with Gasteiger partial charge in [0.25, 0.3) is 5.56 Å². The maximum Gasteiger partial charge on any atom is 0.256 e. The number of halogens is 1. The van der Waals surface area contributed by atoms with Crippen molar-refractivity contribution in [3.8, 4) is 17.3 Å². The molecule has 1 aliphatic rings. The van der Waals surface area contributed by atoms with Crippen molar-refractivity contribution >= 4 is 16.7 Å². The quantitative estimate of drug-likeness (QED) is 0.728. The van der Waals surface area contributed by atoms with Crippen molar-refractivity contribution in [2.24, 2.45) is 0 Å². The predicted molar refractivity (Wildman–Crippen MR) is 112 cm³/mol. The van der Waals surface area contributed by atoms with Gasteiger partial charge in [0.05, 0.1) is 23.4 Å². The van der Waals surface area contributed by atoms with E-state index >= 15 is 0 Å². The van der Waals surface area contributed by atoms with Gasteiger partial charge in [0.1, 0.15) is 5.82 Å². The Morgan fingerprint density at radius 3 is 2.47 bits per heavy atom. The molecule has 1 amide bonds. The van der Waals surface area contributed by atoms with Crippen LogP contribution in [0, 0.1) is 17.1 Å². The minimum Gasteiger partial charge on any atom is -0.340 e. The summed E-state index contributed by atoms with van der Waals surface area (Å²) in [5, 5.41) is 9.84. The second kappa shape index (κ2) is 8.09. The first-order valence-corrected chi connectivity index (χ1v) is 9.77. The average Bonchev–Trinajstić information content (AvgIpc) is 2.74. The van der Waals surface area contributed by atoms with E-state index in [1.165, 1.54) is 0 Å². The summed E-state index contributed by atoms with van der Waals surface area (Å²) in [6.07, 6.45) is 0.329. The summed E-state index contributed by atoms with van der Waals surface area (Å²) >= 11 is 0. The lowest BCUT2D eigenvalue weighted by Gasteiger charge is -2.32. The highest BCUT2D eigenvalue weighted by Crippen LogP contribution is 2.24. The molecule has 0 spiro atoms. The van der Waals surface area contributed by atoms with Crippen LogP contribution in [-0.2, 0) is 11.2 Å². The van der Waals surface area contributed by atoms with E-state index in [1.54, 1.807) is 6.07 Å². The maximum absolute atomic E-state index is 13.7. The molecule has 0 atom stereocenters. The summed E-state index contributed by atoms with van der Waals surface area (Å²) in [5.74, 6) is -0.512. The Kier molecular flexibility index (Phi) is 5.34. The number of likely N-dealkylation sites (N-methyl/N-ethyl adjacent to an activating group) is 1. The first-order valence-electron chi connectivity index (χ1n) is 9.77. The summed E-state index contributed by atoms with van der Waals surface area (Å²) in [4.78, 5) is 31.8. The third-order valence-electron chi connectivity index (χ3n) is 5.52. The number of fused-ring (bicyclic) bond motifs is 1. The summed E-state index contributed by atoms with van der Waals surface area (Å²) in [5.41, 5.74) is 1.84. The zero-order valence-electron chi connectivity index (χ0n) is 16.6. The molecule has 6 nitrogen and oxygen atoms in total. The summed E-state index contributed by atoms with van der Waals surface area (Å²) in [6.45, 7) is 3.25. The molecule has 4 rings (SSSR count). The number of piperazine rings is 1. The second-order valence-electron chi connectivity index (χ2n) is 7.60. The number of carbonyl (C=O) groups excluding carboxylic acids is 1. The fourth-order valence-corrected chi connectivity index (χ4v) is 3.72. The molecule has 1 aliphatic heterocycles. The standard InChI is InChI=1S/C23H21FN4O2/c1-27-6-8-28(9-7-27)22(29)10-15-2-4-16(5-3-15)21-13-19-17(14-25)11-18(24)12-20(19)23(30)26-21/h2-5,11-13H,6-10H2,1H3,(H,26,30). The molecule has 0 bridgehead atoms. The Balaban J connectivity index is 1.58. The van der Waals surface area contributed by atoms with E-state index in [0.717, 1.165) is 49.4 Å². The Morgan fingerprint density at radius 2 is 1.80 bits per heavy atom. The van der Waals surface area contributed by atoms with Crippen molar-refractivity contribution in [2.45, 2.75) is 6.42 Å². The summed E-state index contributed by atoms with van der Waals surface area (Å²) in [7, 11) is 2.05. The Bertz CT molecular complexity index is 1200. The van der Waals surface area contributed by atoms with Crippen LogP contribution in [0.1, 0.15) is 11.1 Å². The van der Waals surface area contributed by atoms with Gasteiger partial charge in [-0.3, -0.25) is 9.59 Å². The highest BCUT2D eigenvalue weighted by Gasteiger charge is 2.19.